The largest absolute Gasteiger partial charge is 0.299 e. The van der Waals surface area contributed by atoms with E-state index < -0.39 is 0 Å². The van der Waals surface area contributed by atoms with E-state index in [1.807, 2.05) is 22.7 Å². The molecule has 5 heterocycles. The third-order valence-electron chi connectivity index (χ3n) is 10.4. The molecule has 5 heteroatoms. The van der Waals surface area contributed by atoms with Gasteiger partial charge in [-0.1, -0.05) is 117 Å². The van der Waals surface area contributed by atoms with Crippen LogP contribution in [0.1, 0.15) is 25.0 Å². The monoisotopic (exact) mass is 649 g/mol. The van der Waals surface area contributed by atoms with E-state index in [1.165, 1.54) is 68.2 Å². The molecule has 0 bridgehead atoms. The van der Waals surface area contributed by atoms with Crippen LogP contribution in [0.15, 0.2) is 127 Å². The molecular formula is C43H27N3S2. The van der Waals surface area contributed by atoms with Gasteiger partial charge in [-0.25, -0.2) is 9.97 Å². The standard InChI is InChI=1S/C43H27N3S2/c1-43(2)31-19-10-16-28-36-27-14-5-8-23-35(27)48-42(36)46(38(28)31)39-30(18-11-20-32(39)43)41-44-33-21-6-3-13-26(33)37(45-41)29-17-9-15-25-24-12-4-7-22-34(24)47-40(25)29/h3-23H,1-2H3. The predicted molar refractivity (Wildman–Crippen MR) is 205 cm³/mol. The Bertz CT molecular complexity index is 2990. The van der Waals surface area contributed by atoms with Gasteiger partial charge in [0.05, 0.1) is 22.4 Å². The smallest absolute Gasteiger partial charge is 0.162 e. The van der Waals surface area contributed by atoms with E-state index >= 15 is 0 Å². The third-order valence-corrected chi connectivity index (χ3v) is 12.8. The fraction of sp³-hybridized carbons (Fsp3) is 0.0698. The van der Waals surface area contributed by atoms with Crippen molar-refractivity contribution in [3.05, 3.63) is 139 Å². The number of hydrogen-bond acceptors (Lipinski definition) is 4. The van der Waals surface area contributed by atoms with Crippen LogP contribution in [0.25, 0.3) is 90.6 Å². The summed E-state index contributed by atoms with van der Waals surface area (Å²) in [4.78, 5) is 12.1. The first-order valence-corrected chi connectivity index (χ1v) is 18.0. The van der Waals surface area contributed by atoms with Crippen molar-refractivity contribution in [2.45, 2.75) is 19.3 Å². The van der Waals surface area contributed by atoms with Crippen molar-refractivity contribution in [3.63, 3.8) is 0 Å². The van der Waals surface area contributed by atoms with E-state index in [4.69, 9.17) is 9.97 Å². The van der Waals surface area contributed by atoms with Gasteiger partial charge in [0.15, 0.2) is 5.82 Å². The SMILES string of the molecule is CC1(C)c2cccc(-c3nc(-c4cccc5c4sc4ccccc45)c4ccccc4n3)c2-n2c3sc4ccccc4c3c3cccc1c32. The van der Waals surface area contributed by atoms with Gasteiger partial charge in [0.2, 0.25) is 0 Å². The number of aromatic nitrogens is 3. The number of rotatable bonds is 2. The molecule has 0 saturated heterocycles. The summed E-state index contributed by atoms with van der Waals surface area (Å²) in [5.74, 6) is 0.755. The van der Waals surface area contributed by atoms with Crippen LogP contribution in [-0.2, 0) is 5.41 Å². The Balaban J connectivity index is 1.26. The summed E-state index contributed by atoms with van der Waals surface area (Å²) >= 11 is 3.72. The number of hydrogen-bond donors (Lipinski definition) is 0. The van der Waals surface area contributed by atoms with Gasteiger partial charge in [-0.05, 0) is 35.4 Å². The van der Waals surface area contributed by atoms with Gasteiger partial charge >= 0.3 is 0 Å². The molecule has 1 aliphatic rings. The van der Waals surface area contributed by atoms with Crippen LogP contribution in [-0.4, -0.2) is 14.5 Å². The average molecular weight is 650 g/mol. The Hall–Kier alpha value is -5.36. The van der Waals surface area contributed by atoms with Crippen LogP contribution in [0.3, 0.4) is 0 Å². The van der Waals surface area contributed by atoms with E-state index in [2.05, 4.69) is 146 Å². The van der Waals surface area contributed by atoms with Crippen molar-refractivity contribution in [1.29, 1.82) is 0 Å². The molecule has 0 atom stereocenters. The van der Waals surface area contributed by atoms with E-state index in [0.717, 1.165) is 33.5 Å². The maximum Gasteiger partial charge on any atom is 0.162 e. The second kappa shape index (κ2) is 9.38. The van der Waals surface area contributed by atoms with Crippen molar-refractivity contribution in [3.8, 4) is 28.3 Å². The molecule has 0 spiro atoms. The van der Waals surface area contributed by atoms with Gasteiger partial charge in [-0.2, -0.15) is 0 Å². The molecule has 10 aromatic rings. The van der Waals surface area contributed by atoms with Crippen LogP contribution in [0, 0.1) is 0 Å². The molecule has 0 fully saturated rings. The number of fused-ring (bicyclic) bond motifs is 11. The molecule has 0 radical (unpaired) electrons. The second-order valence-corrected chi connectivity index (χ2v) is 15.4. The average Bonchev–Trinajstić information content (AvgIpc) is 3.79. The van der Waals surface area contributed by atoms with Crippen LogP contribution in [0.4, 0.5) is 0 Å². The van der Waals surface area contributed by atoms with Crippen molar-refractivity contribution in [1.82, 2.24) is 14.5 Å². The van der Waals surface area contributed by atoms with Crippen molar-refractivity contribution >= 4 is 85.0 Å². The molecule has 4 aromatic heterocycles. The lowest BCUT2D eigenvalue weighted by molar-refractivity contribution is 0.630. The third kappa shape index (κ3) is 3.37. The molecule has 48 heavy (non-hydrogen) atoms. The van der Waals surface area contributed by atoms with Gasteiger partial charge in [-0.3, -0.25) is 4.57 Å². The molecule has 1 aliphatic heterocycles. The quantitative estimate of drug-likeness (QED) is 0.187. The Morgan fingerprint density at radius 2 is 1.19 bits per heavy atom. The number of nitrogens with zero attached hydrogens (tertiary/aromatic N) is 3. The van der Waals surface area contributed by atoms with Gasteiger partial charge in [-0.15, -0.1) is 22.7 Å². The zero-order valence-corrected chi connectivity index (χ0v) is 27.9. The summed E-state index contributed by atoms with van der Waals surface area (Å²) in [7, 11) is 0. The summed E-state index contributed by atoms with van der Waals surface area (Å²) in [5.41, 5.74) is 9.06. The van der Waals surface area contributed by atoms with Crippen LogP contribution >= 0.6 is 22.7 Å². The first-order valence-electron chi connectivity index (χ1n) is 16.3. The van der Waals surface area contributed by atoms with E-state index in [9.17, 15) is 0 Å². The topological polar surface area (TPSA) is 30.7 Å². The van der Waals surface area contributed by atoms with Crippen molar-refractivity contribution in [2.24, 2.45) is 0 Å². The van der Waals surface area contributed by atoms with Crippen LogP contribution < -0.4 is 0 Å². The van der Waals surface area contributed by atoms with Gasteiger partial charge in [0, 0.05) is 63.0 Å². The molecule has 11 rings (SSSR count). The Morgan fingerprint density at radius 3 is 2.06 bits per heavy atom. The van der Waals surface area contributed by atoms with Gasteiger partial charge in [0.1, 0.15) is 4.83 Å². The Kier molecular flexibility index (Phi) is 5.21. The maximum atomic E-state index is 5.53. The fourth-order valence-corrected chi connectivity index (χ4v) is 10.7. The highest BCUT2D eigenvalue weighted by Gasteiger charge is 2.37. The normalized spacial score (nSPS) is 13.8. The molecule has 0 aliphatic carbocycles. The maximum absolute atomic E-state index is 5.53. The molecule has 0 amide bonds. The number of thiophene rings is 2. The number of para-hydroxylation sites is 3. The minimum absolute atomic E-state index is 0.209. The van der Waals surface area contributed by atoms with E-state index in [1.54, 1.807) is 0 Å². The molecule has 0 saturated carbocycles. The molecule has 226 valence electrons. The molecular weight excluding hydrogens is 623 g/mol. The highest BCUT2D eigenvalue weighted by Crippen LogP contribution is 2.52. The molecule has 6 aromatic carbocycles. The van der Waals surface area contributed by atoms with Gasteiger partial charge in [0.25, 0.3) is 0 Å². The Labute approximate surface area is 284 Å². The highest BCUT2D eigenvalue weighted by atomic mass is 32.1. The summed E-state index contributed by atoms with van der Waals surface area (Å²) in [6.45, 7) is 4.73. The molecule has 3 nitrogen and oxygen atoms in total. The Morgan fingerprint density at radius 1 is 0.542 bits per heavy atom. The van der Waals surface area contributed by atoms with Gasteiger partial charge < -0.3 is 0 Å². The number of benzene rings is 6. The highest BCUT2D eigenvalue weighted by molar-refractivity contribution is 7.26. The zero-order valence-electron chi connectivity index (χ0n) is 26.3. The lowest BCUT2D eigenvalue weighted by Crippen LogP contribution is -2.26. The second-order valence-electron chi connectivity index (χ2n) is 13.3. The minimum atomic E-state index is -0.209. The summed E-state index contributed by atoms with van der Waals surface area (Å²) < 4.78 is 6.40. The molecule has 0 N–H and O–H groups in total. The lowest BCUT2D eigenvalue weighted by atomic mass is 9.74. The van der Waals surface area contributed by atoms with Crippen molar-refractivity contribution in [2.75, 3.05) is 0 Å². The van der Waals surface area contributed by atoms with Crippen LogP contribution in [0.2, 0.25) is 0 Å². The summed E-state index contributed by atoms with van der Waals surface area (Å²) in [6.07, 6.45) is 0. The molecule has 0 unspecified atom stereocenters. The zero-order chi connectivity index (χ0) is 31.7. The first kappa shape index (κ1) is 26.7. The van der Waals surface area contributed by atoms with E-state index in [0.29, 0.717) is 0 Å². The fourth-order valence-electron chi connectivity index (χ4n) is 8.21. The minimum Gasteiger partial charge on any atom is -0.299 e. The summed E-state index contributed by atoms with van der Waals surface area (Å²) in [5, 5.41) is 7.59. The predicted octanol–water partition coefficient (Wildman–Crippen LogP) is 12.3. The lowest BCUT2D eigenvalue weighted by Gasteiger charge is -2.35. The summed E-state index contributed by atoms with van der Waals surface area (Å²) in [6, 6.07) is 46.2. The van der Waals surface area contributed by atoms with E-state index in [-0.39, 0.29) is 5.41 Å². The first-order chi connectivity index (χ1) is 23.6. The van der Waals surface area contributed by atoms with Crippen molar-refractivity contribution < 1.29 is 0 Å². The van der Waals surface area contributed by atoms with Crippen LogP contribution in [0.5, 0.6) is 0 Å².